The van der Waals surface area contributed by atoms with Crippen molar-refractivity contribution in [3.63, 3.8) is 0 Å². The highest BCUT2D eigenvalue weighted by molar-refractivity contribution is 7.98. The summed E-state index contributed by atoms with van der Waals surface area (Å²) in [4.78, 5) is 2.54. The van der Waals surface area contributed by atoms with Gasteiger partial charge in [-0.05, 0) is 24.3 Å². The Morgan fingerprint density at radius 1 is 1.41 bits per heavy atom. The average molecular weight is 250 g/mol. The largest absolute Gasteiger partial charge is 0.369 e. The predicted molar refractivity (Wildman–Crippen MR) is 78.0 cm³/mol. The lowest BCUT2D eigenvalue weighted by Gasteiger charge is -2.27. The van der Waals surface area contributed by atoms with E-state index in [4.69, 9.17) is 0 Å². The first-order valence-electron chi connectivity index (χ1n) is 6.40. The zero-order chi connectivity index (χ0) is 12.1. The lowest BCUT2D eigenvalue weighted by molar-refractivity contribution is 0.505. The second kappa shape index (κ2) is 6.31. The summed E-state index contributed by atoms with van der Waals surface area (Å²) < 4.78 is 0. The Morgan fingerprint density at radius 3 is 3.00 bits per heavy atom. The molecule has 0 aliphatic carbocycles. The molecule has 2 rings (SSSR count). The van der Waals surface area contributed by atoms with Crippen molar-refractivity contribution in [3.8, 4) is 0 Å². The lowest BCUT2D eigenvalue weighted by atomic mass is 10.1. The smallest absolute Gasteiger partial charge is 0.0412 e. The molecule has 94 valence electrons. The first-order valence-corrected chi connectivity index (χ1v) is 7.79. The van der Waals surface area contributed by atoms with Gasteiger partial charge in [0, 0.05) is 37.1 Å². The van der Waals surface area contributed by atoms with E-state index in [9.17, 15) is 0 Å². The van der Waals surface area contributed by atoms with Gasteiger partial charge in [-0.25, -0.2) is 0 Å². The Bertz CT molecular complexity index is 354. The molecule has 0 bridgehead atoms. The Kier molecular flexibility index (Phi) is 4.75. The summed E-state index contributed by atoms with van der Waals surface area (Å²) in [7, 11) is 0. The molecule has 0 aromatic heterocycles. The SMILES string of the molecule is CCC1CN(CCSC)c2ccccc2CN1. The van der Waals surface area contributed by atoms with E-state index in [0.717, 1.165) is 19.6 Å². The van der Waals surface area contributed by atoms with Crippen LogP contribution >= 0.6 is 11.8 Å². The summed E-state index contributed by atoms with van der Waals surface area (Å²) in [6.45, 7) is 5.55. The topological polar surface area (TPSA) is 15.3 Å². The van der Waals surface area contributed by atoms with Crippen LogP contribution in [0.2, 0.25) is 0 Å². The number of thioether (sulfide) groups is 1. The minimum atomic E-state index is 0.615. The molecule has 0 spiro atoms. The van der Waals surface area contributed by atoms with Gasteiger partial charge in [-0.2, -0.15) is 11.8 Å². The summed E-state index contributed by atoms with van der Waals surface area (Å²) in [6, 6.07) is 9.41. The maximum Gasteiger partial charge on any atom is 0.0412 e. The van der Waals surface area contributed by atoms with Crippen LogP contribution in [0.25, 0.3) is 0 Å². The first-order chi connectivity index (χ1) is 8.35. The van der Waals surface area contributed by atoms with Gasteiger partial charge in [-0.15, -0.1) is 0 Å². The van der Waals surface area contributed by atoms with Gasteiger partial charge < -0.3 is 10.2 Å². The summed E-state index contributed by atoms with van der Waals surface area (Å²) in [5.41, 5.74) is 2.86. The van der Waals surface area contributed by atoms with E-state index in [1.165, 1.54) is 23.4 Å². The molecule has 0 fully saturated rings. The van der Waals surface area contributed by atoms with Crippen LogP contribution in [0, 0.1) is 0 Å². The predicted octanol–water partition coefficient (Wildman–Crippen LogP) is 2.74. The van der Waals surface area contributed by atoms with Crippen LogP contribution < -0.4 is 10.2 Å². The zero-order valence-electron chi connectivity index (χ0n) is 10.8. The van der Waals surface area contributed by atoms with Crippen molar-refractivity contribution in [1.82, 2.24) is 5.32 Å². The molecule has 1 atom stereocenters. The number of fused-ring (bicyclic) bond motifs is 1. The molecule has 3 heteroatoms. The highest BCUT2D eigenvalue weighted by atomic mass is 32.2. The number of hydrogen-bond donors (Lipinski definition) is 1. The summed E-state index contributed by atoms with van der Waals surface area (Å²) in [5.74, 6) is 1.20. The zero-order valence-corrected chi connectivity index (χ0v) is 11.6. The molecule has 0 saturated heterocycles. The second-order valence-electron chi connectivity index (χ2n) is 4.55. The van der Waals surface area contributed by atoms with E-state index in [1.807, 2.05) is 11.8 Å². The average Bonchev–Trinajstić information content (AvgIpc) is 2.56. The van der Waals surface area contributed by atoms with Crippen molar-refractivity contribution in [2.24, 2.45) is 0 Å². The molecule has 1 aliphatic rings. The van der Waals surface area contributed by atoms with Crippen LogP contribution in [-0.4, -0.2) is 31.1 Å². The van der Waals surface area contributed by atoms with Gasteiger partial charge >= 0.3 is 0 Å². The Hall–Kier alpha value is -0.670. The van der Waals surface area contributed by atoms with Gasteiger partial charge in [0.05, 0.1) is 0 Å². The van der Waals surface area contributed by atoms with Gasteiger partial charge in [0.2, 0.25) is 0 Å². The van der Waals surface area contributed by atoms with E-state index < -0.39 is 0 Å². The van der Waals surface area contributed by atoms with Gasteiger partial charge in [-0.3, -0.25) is 0 Å². The fraction of sp³-hybridized carbons (Fsp3) is 0.571. The van der Waals surface area contributed by atoms with Crippen molar-refractivity contribution in [3.05, 3.63) is 29.8 Å². The Balaban J connectivity index is 2.19. The number of benzene rings is 1. The van der Waals surface area contributed by atoms with Crippen molar-refractivity contribution in [2.75, 3.05) is 30.0 Å². The normalized spacial score (nSPS) is 19.9. The third kappa shape index (κ3) is 3.17. The molecule has 0 radical (unpaired) electrons. The van der Waals surface area contributed by atoms with E-state index in [-0.39, 0.29) is 0 Å². The Labute approximate surface area is 109 Å². The summed E-state index contributed by atoms with van der Waals surface area (Å²) >= 11 is 1.92. The number of nitrogens with zero attached hydrogens (tertiary/aromatic N) is 1. The molecule has 2 nitrogen and oxygen atoms in total. The van der Waals surface area contributed by atoms with Crippen LogP contribution in [0.15, 0.2) is 24.3 Å². The van der Waals surface area contributed by atoms with E-state index in [1.54, 1.807) is 0 Å². The molecule has 1 N–H and O–H groups in total. The molecule has 1 aliphatic heterocycles. The number of rotatable bonds is 4. The molecule has 1 aromatic carbocycles. The first kappa shape index (κ1) is 12.8. The monoisotopic (exact) mass is 250 g/mol. The molecule has 1 heterocycles. The maximum absolute atomic E-state index is 3.65. The highest BCUT2D eigenvalue weighted by Crippen LogP contribution is 2.23. The second-order valence-corrected chi connectivity index (χ2v) is 5.54. The molecule has 0 amide bonds. The number of hydrogen-bond acceptors (Lipinski definition) is 3. The fourth-order valence-electron chi connectivity index (χ4n) is 2.34. The van der Waals surface area contributed by atoms with Crippen LogP contribution in [0.5, 0.6) is 0 Å². The van der Waals surface area contributed by atoms with Crippen molar-refractivity contribution in [2.45, 2.75) is 25.9 Å². The third-order valence-electron chi connectivity index (χ3n) is 3.41. The maximum atomic E-state index is 3.65. The van der Waals surface area contributed by atoms with Crippen LogP contribution in [-0.2, 0) is 6.54 Å². The highest BCUT2D eigenvalue weighted by Gasteiger charge is 2.19. The molecule has 1 aromatic rings. The van der Waals surface area contributed by atoms with Gasteiger partial charge in [0.25, 0.3) is 0 Å². The summed E-state index contributed by atoms with van der Waals surface area (Å²) in [6.07, 6.45) is 3.38. The van der Waals surface area contributed by atoms with Crippen molar-refractivity contribution >= 4 is 17.4 Å². The minimum Gasteiger partial charge on any atom is -0.369 e. The fourth-order valence-corrected chi connectivity index (χ4v) is 2.74. The number of nitrogens with one attached hydrogen (secondary N) is 1. The molecular formula is C14H22N2S. The van der Waals surface area contributed by atoms with Gasteiger partial charge in [0.15, 0.2) is 0 Å². The minimum absolute atomic E-state index is 0.615. The molecule has 17 heavy (non-hydrogen) atoms. The van der Waals surface area contributed by atoms with E-state index in [2.05, 4.69) is 47.7 Å². The van der Waals surface area contributed by atoms with Crippen LogP contribution in [0.1, 0.15) is 18.9 Å². The Morgan fingerprint density at radius 2 is 2.24 bits per heavy atom. The summed E-state index contributed by atoms with van der Waals surface area (Å²) in [5, 5.41) is 3.65. The van der Waals surface area contributed by atoms with Crippen molar-refractivity contribution < 1.29 is 0 Å². The van der Waals surface area contributed by atoms with Crippen LogP contribution in [0.3, 0.4) is 0 Å². The quantitative estimate of drug-likeness (QED) is 0.884. The number of anilines is 1. The van der Waals surface area contributed by atoms with Crippen molar-refractivity contribution in [1.29, 1.82) is 0 Å². The molecule has 1 unspecified atom stereocenters. The van der Waals surface area contributed by atoms with Gasteiger partial charge in [-0.1, -0.05) is 25.1 Å². The number of para-hydroxylation sites is 1. The van der Waals surface area contributed by atoms with Gasteiger partial charge in [0.1, 0.15) is 0 Å². The molecular weight excluding hydrogens is 228 g/mol. The third-order valence-corrected chi connectivity index (χ3v) is 4.00. The van der Waals surface area contributed by atoms with E-state index in [0.29, 0.717) is 6.04 Å². The van der Waals surface area contributed by atoms with Crippen LogP contribution in [0.4, 0.5) is 5.69 Å². The standard InChI is InChI=1S/C14H22N2S/c1-3-13-11-16(8-9-17-2)14-7-5-4-6-12(14)10-15-13/h4-7,13,15H,3,8-11H2,1-2H3. The van der Waals surface area contributed by atoms with E-state index >= 15 is 0 Å². The molecule has 0 saturated carbocycles. The lowest BCUT2D eigenvalue weighted by Crippen LogP contribution is -2.38.